The van der Waals surface area contributed by atoms with Crippen LogP contribution in [-0.4, -0.2) is 61.4 Å². The Kier molecular flexibility index (Phi) is 7.78. The van der Waals surface area contributed by atoms with Crippen LogP contribution in [0.2, 0.25) is 0 Å². The summed E-state index contributed by atoms with van der Waals surface area (Å²) >= 11 is 3.56. The fraction of sp³-hybridized carbons (Fsp3) is 0.407. The van der Waals surface area contributed by atoms with E-state index in [9.17, 15) is 14.7 Å². The van der Waals surface area contributed by atoms with Crippen molar-refractivity contribution in [3.05, 3.63) is 76.0 Å². The van der Waals surface area contributed by atoms with Crippen molar-refractivity contribution in [2.75, 3.05) is 6.54 Å². The number of carboxylic acids is 1. The van der Waals surface area contributed by atoms with Crippen LogP contribution in [0.4, 0.5) is 0 Å². The standard InChI is InChI=1S/C27H30BrN5O5/c28-18-7-8-24-19(12-18)21(13-27(38-24)9-4-10-27)29-14-23(34)20(11-17-5-2-1-3-6-17)30-25(35)16-33-15-22(26(36)37)31-32-33/h1-3,5-8,12,15,20-21,23,29,34H,4,9-11,13-14,16H2,(H,30,35)(H,36,37)/t20-,21-,23+/m0/s1. The summed E-state index contributed by atoms with van der Waals surface area (Å²) in [5.74, 6) is -0.750. The molecule has 10 nitrogen and oxygen atoms in total. The molecular weight excluding hydrogens is 554 g/mol. The molecule has 3 atom stereocenters. The van der Waals surface area contributed by atoms with E-state index in [0.29, 0.717) is 6.42 Å². The highest BCUT2D eigenvalue weighted by molar-refractivity contribution is 9.10. The number of aliphatic hydroxyl groups excluding tert-OH is 1. The molecule has 0 radical (unpaired) electrons. The molecule has 1 aromatic heterocycles. The Morgan fingerprint density at radius 2 is 2.00 bits per heavy atom. The molecule has 3 aromatic rings. The number of carboxylic acid groups (broad SMARTS) is 1. The minimum Gasteiger partial charge on any atom is -0.487 e. The molecule has 200 valence electrons. The minimum absolute atomic E-state index is 0.00358. The number of carbonyl (C=O) groups is 2. The molecule has 1 amide bonds. The van der Waals surface area contributed by atoms with Crippen LogP contribution in [0.5, 0.6) is 5.75 Å². The number of hydrogen-bond donors (Lipinski definition) is 4. The number of amides is 1. The van der Waals surface area contributed by atoms with E-state index < -0.39 is 24.0 Å². The monoisotopic (exact) mass is 583 g/mol. The Morgan fingerprint density at radius 1 is 1.21 bits per heavy atom. The van der Waals surface area contributed by atoms with Crippen molar-refractivity contribution in [3.8, 4) is 5.75 Å². The van der Waals surface area contributed by atoms with Gasteiger partial charge in [0.25, 0.3) is 0 Å². The molecule has 1 aliphatic heterocycles. The van der Waals surface area contributed by atoms with Crippen molar-refractivity contribution in [2.24, 2.45) is 0 Å². The summed E-state index contributed by atoms with van der Waals surface area (Å²) in [5.41, 5.74) is 1.62. The van der Waals surface area contributed by atoms with Crippen molar-refractivity contribution < 1.29 is 24.5 Å². The number of aromatic nitrogens is 3. The summed E-state index contributed by atoms with van der Waals surface area (Å²) in [5, 5.41) is 34.0. The third-order valence-electron chi connectivity index (χ3n) is 7.26. The third kappa shape index (κ3) is 6.06. The van der Waals surface area contributed by atoms with Gasteiger partial charge in [0.2, 0.25) is 5.91 Å². The van der Waals surface area contributed by atoms with Gasteiger partial charge in [-0.1, -0.05) is 51.5 Å². The maximum Gasteiger partial charge on any atom is 0.358 e. The lowest BCUT2D eigenvalue weighted by Crippen LogP contribution is -2.52. The number of benzene rings is 2. The normalized spacial score (nSPS) is 19.1. The average Bonchev–Trinajstić information content (AvgIpc) is 3.35. The summed E-state index contributed by atoms with van der Waals surface area (Å²) in [7, 11) is 0. The number of nitrogens with zero attached hydrogens (tertiary/aromatic N) is 3. The largest absolute Gasteiger partial charge is 0.487 e. The molecule has 2 aromatic carbocycles. The molecule has 0 unspecified atom stereocenters. The van der Waals surface area contributed by atoms with Gasteiger partial charge in [-0.3, -0.25) is 4.79 Å². The number of halogens is 1. The number of fused-ring (bicyclic) bond motifs is 1. The molecule has 2 aliphatic rings. The van der Waals surface area contributed by atoms with Gasteiger partial charge in [-0.15, -0.1) is 5.10 Å². The van der Waals surface area contributed by atoms with E-state index in [1.54, 1.807) is 0 Å². The molecule has 11 heteroatoms. The molecule has 1 aliphatic carbocycles. The second kappa shape index (κ2) is 11.2. The lowest BCUT2D eigenvalue weighted by molar-refractivity contribution is -0.123. The van der Waals surface area contributed by atoms with E-state index in [1.165, 1.54) is 6.20 Å². The zero-order valence-electron chi connectivity index (χ0n) is 20.7. The Morgan fingerprint density at radius 3 is 2.68 bits per heavy atom. The molecule has 4 N–H and O–H groups in total. The summed E-state index contributed by atoms with van der Waals surface area (Å²) < 4.78 is 8.50. The Hall–Kier alpha value is -3.28. The minimum atomic E-state index is -1.22. The molecule has 1 spiro atoms. The van der Waals surface area contributed by atoms with Gasteiger partial charge in [0, 0.05) is 29.0 Å². The number of hydrogen-bond acceptors (Lipinski definition) is 7. The van der Waals surface area contributed by atoms with Crippen LogP contribution < -0.4 is 15.4 Å². The lowest BCUT2D eigenvalue weighted by Gasteiger charge is -2.48. The predicted molar refractivity (Wildman–Crippen MR) is 142 cm³/mol. The van der Waals surface area contributed by atoms with Gasteiger partial charge in [-0.25, -0.2) is 9.48 Å². The summed E-state index contributed by atoms with van der Waals surface area (Å²) in [6.07, 6.45) is 4.73. The van der Waals surface area contributed by atoms with Crippen molar-refractivity contribution in [2.45, 2.75) is 62.4 Å². The van der Waals surface area contributed by atoms with Crippen molar-refractivity contribution in [1.29, 1.82) is 0 Å². The molecule has 5 rings (SSSR count). The number of nitrogens with one attached hydrogen (secondary N) is 2. The summed E-state index contributed by atoms with van der Waals surface area (Å²) in [6.45, 7) is 0.0482. The third-order valence-corrected chi connectivity index (χ3v) is 7.75. The van der Waals surface area contributed by atoms with Gasteiger partial charge in [-0.2, -0.15) is 0 Å². The summed E-state index contributed by atoms with van der Waals surface area (Å²) in [6, 6.07) is 15.1. The number of rotatable bonds is 10. The van der Waals surface area contributed by atoms with Crippen molar-refractivity contribution in [3.63, 3.8) is 0 Å². The van der Waals surface area contributed by atoms with Crippen LogP contribution in [-0.2, 0) is 17.8 Å². The van der Waals surface area contributed by atoms with Crippen LogP contribution in [0.25, 0.3) is 0 Å². The van der Waals surface area contributed by atoms with Gasteiger partial charge in [0.15, 0.2) is 5.69 Å². The fourth-order valence-corrected chi connectivity index (χ4v) is 5.51. The Bertz CT molecular complexity index is 1300. The molecule has 2 heterocycles. The van der Waals surface area contributed by atoms with Crippen LogP contribution in [0.1, 0.15) is 53.3 Å². The smallest absolute Gasteiger partial charge is 0.358 e. The van der Waals surface area contributed by atoms with E-state index in [0.717, 1.165) is 51.7 Å². The zero-order chi connectivity index (χ0) is 26.7. The number of aliphatic hydroxyl groups is 1. The number of aromatic carboxylic acids is 1. The first-order valence-electron chi connectivity index (χ1n) is 12.7. The maximum atomic E-state index is 12.8. The number of carbonyl (C=O) groups excluding carboxylic acids is 1. The van der Waals surface area contributed by atoms with Crippen LogP contribution in [0.15, 0.2) is 59.2 Å². The van der Waals surface area contributed by atoms with Crippen LogP contribution in [0, 0.1) is 0 Å². The van der Waals surface area contributed by atoms with Gasteiger partial charge in [0.05, 0.1) is 18.3 Å². The average molecular weight is 584 g/mol. The first-order chi connectivity index (χ1) is 18.3. The predicted octanol–water partition coefficient (Wildman–Crippen LogP) is 2.86. The first-order valence-corrected chi connectivity index (χ1v) is 13.5. The van der Waals surface area contributed by atoms with Crippen molar-refractivity contribution >= 4 is 27.8 Å². The van der Waals surface area contributed by atoms with E-state index in [1.807, 2.05) is 42.5 Å². The van der Waals surface area contributed by atoms with Crippen molar-refractivity contribution in [1.82, 2.24) is 25.6 Å². The second-order valence-corrected chi connectivity index (χ2v) is 10.9. The quantitative estimate of drug-likeness (QED) is 0.286. The van der Waals surface area contributed by atoms with Gasteiger partial charge in [-0.05, 0) is 49.4 Å². The SMILES string of the molecule is O=C(Cn1cc(C(=O)O)nn1)N[C@@H](Cc1ccccc1)[C@H](O)CN[C@H]1CC2(CCC2)Oc2ccc(Br)cc21. The van der Waals surface area contributed by atoms with E-state index >= 15 is 0 Å². The molecule has 0 saturated heterocycles. The first kappa shape index (κ1) is 26.3. The van der Waals surface area contributed by atoms with Crippen LogP contribution in [0.3, 0.4) is 0 Å². The highest BCUT2D eigenvalue weighted by Crippen LogP contribution is 2.49. The number of ether oxygens (including phenoxy) is 1. The highest BCUT2D eigenvalue weighted by atomic mass is 79.9. The molecule has 38 heavy (non-hydrogen) atoms. The topological polar surface area (TPSA) is 139 Å². The van der Waals surface area contributed by atoms with Gasteiger partial charge < -0.3 is 25.6 Å². The lowest BCUT2D eigenvalue weighted by atomic mass is 9.73. The zero-order valence-corrected chi connectivity index (χ0v) is 22.3. The second-order valence-electron chi connectivity index (χ2n) is 10.0. The fourth-order valence-electron chi connectivity index (χ4n) is 5.13. The molecule has 1 saturated carbocycles. The molecular formula is C27H30BrN5O5. The van der Waals surface area contributed by atoms with Gasteiger partial charge in [0.1, 0.15) is 17.9 Å². The molecule has 0 bridgehead atoms. The van der Waals surface area contributed by atoms with Gasteiger partial charge >= 0.3 is 5.97 Å². The van der Waals surface area contributed by atoms with E-state index in [4.69, 9.17) is 9.84 Å². The summed E-state index contributed by atoms with van der Waals surface area (Å²) in [4.78, 5) is 23.9. The van der Waals surface area contributed by atoms with E-state index in [2.05, 4.69) is 42.9 Å². The van der Waals surface area contributed by atoms with E-state index in [-0.39, 0.29) is 30.4 Å². The Balaban J connectivity index is 1.28. The van der Waals surface area contributed by atoms with Crippen LogP contribution >= 0.6 is 15.9 Å². The Labute approximate surface area is 228 Å². The molecule has 1 fully saturated rings. The highest BCUT2D eigenvalue weighted by Gasteiger charge is 2.45. The maximum absolute atomic E-state index is 12.8.